The Bertz CT molecular complexity index is 445. The van der Waals surface area contributed by atoms with Crippen LogP contribution in [0.25, 0.3) is 0 Å². The number of rotatable bonds is 3. The van der Waals surface area contributed by atoms with Crippen LogP contribution in [0.1, 0.15) is 38.0 Å². The lowest BCUT2D eigenvalue weighted by molar-refractivity contribution is 0.0518. The van der Waals surface area contributed by atoms with Gasteiger partial charge in [-0.15, -0.1) is 0 Å². The van der Waals surface area contributed by atoms with Crippen LogP contribution in [-0.2, 0) is 0 Å². The summed E-state index contributed by atoms with van der Waals surface area (Å²) in [5, 5.41) is 3.79. The predicted octanol–water partition coefficient (Wildman–Crippen LogP) is 2.04. The maximum atomic E-state index is 12.9. The van der Waals surface area contributed by atoms with Gasteiger partial charge >= 0.3 is 6.55 Å². The van der Waals surface area contributed by atoms with Crippen molar-refractivity contribution in [3.05, 3.63) is 11.6 Å². The number of fused-ring (bicyclic) bond motifs is 1. The number of aryl methyl sites for hydroxylation is 1. The fraction of sp³-hybridized carbons (Fsp3) is 0.833. The first-order valence-corrected chi connectivity index (χ1v) is 6.44. The Balaban J connectivity index is 1.77. The van der Waals surface area contributed by atoms with Crippen molar-refractivity contribution < 1.29 is 8.78 Å². The normalized spacial score (nSPS) is 31.4. The van der Waals surface area contributed by atoms with Crippen LogP contribution >= 0.6 is 0 Å². The van der Waals surface area contributed by atoms with Crippen molar-refractivity contribution in [2.24, 2.45) is 11.8 Å². The number of halogens is 2. The van der Waals surface area contributed by atoms with E-state index in [-0.39, 0.29) is 5.92 Å². The molecule has 1 aromatic heterocycles. The molecule has 0 amide bonds. The lowest BCUT2D eigenvalue weighted by Gasteiger charge is -2.23. The highest BCUT2D eigenvalue weighted by molar-refractivity contribution is 5.21. The average Bonchev–Trinajstić information content (AvgIpc) is 2.68. The van der Waals surface area contributed by atoms with E-state index >= 15 is 0 Å². The minimum atomic E-state index is -2.58. The molecule has 1 saturated carbocycles. The van der Waals surface area contributed by atoms with Crippen LogP contribution in [0.4, 0.5) is 8.78 Å². The van der Waals surface area contributed by atoms with E-state index in [1.807, 2.05) is 0 Å². The molecule has 1 aliphatic heterocycles. The number of piperidine rings is 1. The fourth-order valence-electron chi connectivity index (χ4n) is 3.18. The zero-order chi connectivity index (χ0) is 13.0. The van der Waals surface area contributed by atoms with E-state index in [4.69, 9.17) is 0 Å². The quantitative estimate of drug-likeness (QED) is 0.830. The van der Waals surface area contributed by atoms with Crippen molar-refractivity contribution in [2.75, 3.05) is 13.1 Å². The van der Waals surface area contributed by atoms with E-state index in [2.05, 4.69) is 28.8 Å². The molecule has 0 aromatic carbocycles. The molecule has 0 bridgehead atoms. The van der Waals surface area contributed by atoms with E-state index in [9.17, 15) is 8.78 Å². The van der Waals surface area contributed by atoms with Crippen molar-refractivity contribution >= 4 is 0 Å². The van der Waals surface area contributed by atoms with Gasteiger partial charge in [-0.1, -0.05) is 0 Å². The number of hydrogen-bond donors (Lipinski definition) is 0. The molecule has 2 heterocycles. The van der Waals surface area contributed by atoms with Crippen LogP contribution in [0.15, 0.2) is 0 Å². The molecule has 3 rings (SSSR count). The monoisotopic (exact) mass is 256 g/mol. The third kappa shape index (κ3) is 1.74. The van der Waals surface area contributed by atoms with Crippen LogP contribution in [0.2, 0.25) is 0 Å². The van der Waals surface area contributed by atoms with Crippen molar-refractivity contribution in [3.8, 4) is 0 Å². The standard InChI is InChI=1S/C12H18F2N4/c1-6(2)17-4-8-9(5-17)10(8)11-15-7(3)16-18(11)12(13)14/h6,8-10,12H,4-5H2,1-3H3. The summed E-state index contributed by atoms with van der Waals surface area (Å²) in [4.78, 5) is 6.60. The second-order valence-electron chi connectivity index (χ2n) is 5.64. The highest BCUT2D eigenvalue weighted by atomic mass is 19.3. The molecule has 0 radical (unpaired) electrons. The maximum absolute atomic E-state index is 12.9. The van der Waals surface area contributed by atoms with Gasteiger partial charge in [0.1, 0.15) is 11.6 Å². The first kappa shape index (κ1) is 12.0. The summed E-state index contributed by atoms with van der Waals surface area (Å²) < 4.78 is 26.5. The van der Waals surface area contributed by atoms with Crippen LogP contribution in [0, 0.1) is 18.8 Å². The lowest BCUT2D eigenvalue weighted by Crippen LogP contribution is -2.31. The van der Waals surface area contributed by atoms with Gasteiger partial charge in [-0.05, 0) is 32.6 Å². The van der Waals surface area contributed by atoms with Crippen molar-refractivity contribution in [1.82, 2.24) is 19.7 Å². The first-order chi connectivity index (χ1) is 8.49. The van der Waals surface area contributed by atoms with E-state index < -0.39 is 6.55 Å². The lowest BCUT2D eigenvalue weighted by atomic mass is 10.2. The van der Waals surface area contributed by atoms with Crippen LogP contribution in [0.5, 0.6) is 0 Å². The molecule has 1 saturated heterocycles. The Hall–Kier alpha value is -1.04. The van der Waals surface area contributed by atoms with Crippen molar-refractivity contribution in [2.45, 2.75) is 39.3 Å². The zero-order valence-electron chi connectivity index (χ0n) is 10.8. The highest BCUT2D eigenvalue weighted by Crippen LogP contribution is 2.58. The molecule has 0 spiro atoms. The molecule has 6 heteroatoms. The first-order valence-electron chi connectivity index (χ1n) is 6.44. The Kier molecular flexibility index (Phi) is 2.66. The molecule has 2 atom stereocenters. The summed E-state index contributed by atoms with van der Waals surface area (Å²) in [6.45, 7) is 5.44. The maximum Gasteiger partial charge on any atom is 0.334 e. The van der Waals surface area contributed by atoms with Crippen LogP contribution in [0.3, 0.4) is 0 Å². The van der Waals surface area contributed by atoms with Gasteiger partial charge in [-0.25, -0.2) is 4.98 Å². The van der Waals surface area contributed by atoms with Crippen molar-refractivity contribution in [1.29, 1.82) is 0 Å². The molecule has 1 aliphatic carbocycles. The summed E-state index contributed by atoms with van der Waals surface area (Å²) in [5.41, 5.74) is 0. The zero-order valence-corrected chi connectivity index (χ0v) is 10.8. The molecule has 18 heavy (non-hydrogen) atoms. The molecule has 2 unspecified atom stereocenters. The largest absolute Gasteiger partial charge is 0.334 e. The summed E-state index contributed by atoms with van der Waals surface area (Å²) in [5.74, 6) is 2.11. The van der Waals surface area contributed by atoms with Crippen LogP contribution < -0.4 is 0 Å². The van der Waals surface area contributed by atoms with Gasteiger partial charge in [0.15, 0.2) is 0 Å². The van der Waals surface area contributed by atoms with E-state index in [0.29, 0.717) is 29.5 Å². The predicted molar refractivity (Wildman–Crippen MR) is 62.4 cm³/mol. The molecule has 2 aliphatic rings. The Morgan fingerprint density at radius 3 is 2.33 bits per heavy atom. The highest BCUT2D eigenvalue weighted by Gasteiger charge is 2.58. The van der Waals surface area contributed by atoms with Gasteiger partial charge in [0.2, 0.25) is 0 Å². The molecular formula is C12H18F2N4. The second kappa shape index (κ2) is 3.98. The van der Waals surface area contributed by atoms with Gasteiger partial charge in [-0.2, -0.15) is 18.6 Å². The molecular weight excluding hydrogens is 238 g/mol. The molecule has 1 aromatic rings. The molecule has 2 fully saturated rings. The molecule has 4 nitrogen and oxygen atoms in total. The van der Waals surface area contributed by atoms with Crippen LogP contribution in [-0.4, -0.2) is 38.8 Å². The van der Waals surface area contributed by atoms with E-state index in [1.54, 1.807) is 6.92 Å². The summed E-state index contributed by atoms with van der Waals surface area (Å²) in [7, 11) is 0. The summed E-state index contributed by atoms with van der Waals surface area (Å²) >= 11 is 0. The van der Waals surface area contributed by atoms with Gasteiger partial charge in [0.25, 0.3) is 0 Å². The third-order valence-electron chi connectivity index (χ3n) is 4.20. The third-order valence-corrected chi connectivity index (χ3v) is 4.20. The average molecular weight is 256 g/mol. The number of nitrogens with zero attached hydrogens (tertiary/aromatic N) is 4. The Morgan fingerprint density at radius 1 is 1.22 bits per heavy atom. The topological polar surface area (TPSA) is 34.0 Å². The van der Waals surface area contributed by atoms with E-state index in [0.717, 1.165) is 17.8 Å². The Labute approximate surface area is 105 Å². The molecule has 0 N–H and O–H groups in total. The van der Waals surface area contributed by atoms with Gasteiger partial charge in [-0.3, -0.25) is 0 Å². The number of alkyl halides is 2. The minimum Gasteiger partial charge on any atom is -0.300 e. The fourth-order valence-corrected chi connectivity index (χ4v) is 3.18. The van der Waals surface area contributed by atoms with E-state index in [1.165, 1.54) is 0 Å². The molecule has 100 valence electrons. The number of hydrogen-bond acceptors (Lipinski definition) is 3. The van der Waals surface area contributed by atoms with Gasteiger partial charge in [0.05, 0.1) is 0 Å². The summed E-state index contributed by atoms with van der Waals surface area (Å²) in [6, 6.07) is 0.535. The second-order valence-corrected chi connectivity index (χ2v) is 5.64. The number of aromatic nitrogens is 3. The summed E-state index contributed by atoms with van der Waals surface area (Å²) in [6.07, 6.45) is 0. The number of likely N-dealkylation sites (tertiary alicyclic amines) is 1. The SMILES string of the molecule is Cc1nc(C2C3CN(C(C)C)CC32)n(C(F)F)n1. The van der Waals surface area contributed by atoms with Gasteiger partial charge < -0.3 is 4.90 Å². The minimum absolute atomic E-state index is 0.190. The Morgan fingerprint density at radius 2 is 1.83 bits per heavy atom. The van der Waals surface area contributed by atoms with Gasteiger partial charge in [0, 0.05) is 25.0 Å². The smallest absolute Gasteiger partial charge is 0.300 e. The van der Waals surface area contributed by atoms with Crippen molar-refractivity contribution in [3.63, 3.8) is 0 Å².